The monoisotopic (exact) mass is 419 g/mol. The molecule has 1 aliphatic rings. The number of hydrogen-bond donors (Lipinski definition) is 1. The minimum atomic E-state index is -4.52. The van der Waals surface area contributed by atoms with Gasteiger partial charge in [-0.15, -0.1) is 0 Å². The maximum absolute atomic E-state index is 12.9. The Morgan fingerprint density at radius 2 is 1.80 bits per heavy atom. The second-order valence-electron chi connectivity index (χ2n) is 7.22. The van der Waals surface area contributed by atoms with Gasteiger partial charge in [0, 0.05) is 44.0 Å². The highest BCUT2D eigenvalue weighted by molar-refractivity contribution is 6.04. The molecule has 1 fully saturated rings. The lowest BCUT2D eigenvalue weighted by atomic mass is 10.1. The van der Waals surface area contributed by atoms with Crippen LogP contribution in [0.15, 0.2) is 48.5 Å². The summed E-state index contributed by atoms with van der Waals surface area (Å²) in [7, 11) is 3.22. The molecule has 0 spiro atoms. The van der Waals surface area contributed by atoms with Gasteiger partial charge in [0.15, 0.2) is 0 Å². The van der Waals surface area contributed by atoms with Crippen LogP contribution in [0.25, 0.3) is 0 Å². The molecule has 1 aliphatic heterocycles. The van der Waals surface area contributed by atoms with E-state index in [1.807, 2.05) is 0 Å². The van der Waals surface area contributed by atoms with E-state index in [2.05, 4.69) is 5.32 Å². The van der Waals surface area contributed by atoms with Gasteiger partial charge in [0.05, 0.1) is 11.5 Å². The Bertz CT molecular complexity index is 989. The number of anilines is 2. The lowest BCUT2D eigenvalue weighted by Gasteiger charge is -2.18. The van der Waals surface area contributed by atoms with Gasteiger partial charge in [-0.05, 0) is 36.4 Å². The first-order valence-corrected chi connectivity index (χ1v) is 9.16. The third-order valence-electron chi connectivity index (χ3n) is 4.76. The molecule has 0 aliphatic carbocycles. The van der Waals surface area contributed by atoms with Crippen LogP contribution in [0, 0.1) is 5.92 Å². The molecule has 2 aromatic carbocycles. The minimum absolute atomic E-state index is 0.0255. The first-order chi connectivity index (χ1) is 14.1. The number of hydrogen-bond acceptors (Lipinski definition) is 3. The summed E-state index contributed by atoms with van der Waals surface area (Å²) < 4.78 is 38.8. The van der Waals surface area contributed by atoms with Gasteiger partial charge in [-0.1, -0.05) is 12.1 Å². The molecule has 0 saturated carbocycles. The van der Waals surface area contributed by atoms with Crippen molar-refractivity contribution in [3.05, 3.63) is 59.7 Å². The number of carbonyl (C=O) groups is 3. The summed E-state index contributed by atoms with van der Waals surface area (Å²) in [6.45, 7) is -0.0255. The molecular formula is C21H20F3N3O3. The normalized spacial score (nSPS) is 16.5. The summed E-state index contributed by atoms with van der Waals surface area (Å²) >= 11 is 0. The van der Waals surface area contributed by atoms with E-state index in [9.17, 15) is 27.6 Å². The van der Waals surface area contributed by atoms with E-state index in [0.717, 1.165) is 12.1 Å². The summed E-state index contributed by atoms with van der Waals surface area (Å²) in [6, 6.07) is 10.8. The Hall–Kier alpha value is -3.36. The molecule has 30 heavy (non-hydrogen) atoms. The second-order valence-corrected chi connectivity index (χ2v) is 7.22. The lowest BCUT2D eigenvalue weighted by Crippen LogP contribution is -2.28. The Kier molecular flexibility index (Phi) is 5.82. The standard InChI is InChI=1S/C21H20F3N3O3/c1-26(2)20(30)13-5-3-7-16(9-13)25-19(29)14-10-18(28)27(12-14)17-8-4-6-15(11-17)21(22,23)24/h3-9,11,14H,10,12H2,1-2H3,(H,25,29). The highest BCUT2D eigenvalue weighted by Gasteiger charge is 2.37. The lowest BCUT2D eigenvalue weighted by molar-refractivity contribution is -0.137. The van der Waals surface area contributed by atoms with Crippen molar-refractivity contribution in [2.45, 2.75) is 12.6 Å². The summed E-state index contributed by atoms with van der Waals surface area (Å²) in [4.78, 5) is 39.6. The van der Waals surface area contributed by atoms with Gasteiger partial charge in [-0.25, -0.2) is 0 Å². The highest BCUT2D eigenvalue weighted by Crippen LogP contribution is 2.33. The molecule has 6 nitrogen and oxygen atoms in total. The molecule has 158 valence electrons. The largest absolute Gasteiger partial charge is 0.416 e. The molecule has 1 unspecified atom stereocenters. The molecule has 1 N–H and O–H groups in total. The average Bonchev–Trinajstić information content (AvgIpc) is 3.09. The maximum Gasteiger partial charge on any atom is 0.416 e. The quantitative estimate of drug-likeness (QED) is 0.826. The van der Waals surface area contributed by atoms with Gasteiger partial charge < -0.3 is 15.1 Å². The zero-order chi connectivity index (χ0) is 22.1. The van der Waals surface area contributed by atoms with Crippen molar-refractivity contribution in [1.29, 1.82) is 0 Å². The summed E-state index contributed by atoms with van der Waals surface area (Å²) in [6.07, 6.45) is -4.64. The number of carbonyl (C=O) groups excluding carboxylic acids is 3. The molecule has 0 aromatic heterocycles. The zero-order valence-corrected chi connectivity index (χ0v) is 16.4. The number of nitrogens with zero attached hydrogens (tertiary/aromatic N) is 2. The van der Waals surface area contributed by atoms with E-state index in [0.29, 0.717) is 11.3 Å². The van der Waals surface area contributed by atoms with Crippen LogP contribution in [0.5, 0.6) is 0 Å². The van der Waals surface area contributed by atoms with E-state index in [-0.39, 0.29) is 24.6 Å². The first-order valence-electron chi connectivity index (χ1n) is 9.16. The predicted molar refractivity (Wildman–Crippen MR) is 105 cm³/mol. The van der Waals surface area contributed by atoms with E-state index < -0.39 is 29.5 Å². The number of halogens is 3. The topological polar surface area (TPSA) is 69.7 Å². The predicted octanol–water partition coefficient (Wildman–Crippen LogP) is 3.40. The fourth-order valence-electron chi connectivity index (χ4n) is 3.22. The van der Waals surface area contributed by atoms with Gasteiger partial charge in [-0.3, -0.25) is 14.4 Å². The van der Waals surface area contributed by atoms with E-state index in [4.69, 9.17) is 0 Å². The first kappa shape index (κ1) is 21.4. The fourth-order valence-corrected chi connectivity index (χ4v) is 3.22. The third-order valence-corrected chi connectivity index (χ3v) is 4.76. The van der Waals surface area contributed by atoms with Crippen molar-refractivity contribution < 1.29 is 27.6 Å². The Morgan fingerprint density at radius 3 is 2.47 bits per heavy atom. The molecule has 1 saturated heterocycles. The molecule has 1 atom stereocenters. The fraction of sp³-hybridized carbons (Fsp3) is 0.286. The highest BCUT2D eigenvalue weighted by atomic mass is 19.4. The van der Waals surface area contributed by atoms with Crippen molar-refractivity contribution in [2.24, 2.45) is 5.92 Å². The number of amides is 3. The van der Waals surface area contributed by atoms with Crippen molar-refractivity contribution in [2.75, 3.05) is 30.9 Å². The van der Waals surface area contributed by atoms with Crippen molar-refractivity contribution in [3.8, 4) is 0 Å². The molecule has 0 radical (unpaired) electrons. The number of alkyl halides is 3. The summed E-state index contributed by atoms with van der Waals surface area (Å²) in [5.74, 6) is -1.81. The van der Waals surface area contributed by atoms with Gasteiger partial charge in [0.25, 0.3) is 5.91 Å². The van der Waals surface area contributed by atoms with Gasteiger partial charge in [0.1, 0.15) is 0 Å². The van der Waals surface area contributed by atoms with Crippen LogP contribution in [-0.2, 0) is 15.8 Å². The van der Waals surface area contributed by atoms with Crippen LogP contribution in [-0.4, -0.2) is 43.3 Å². The molecule has 2 aromatic rings. The molecule has 1 heterocycles. The van der Waals surface area contributed by atoms with Crippen LogP contribution in [0.2, 0.25) is 0 Å². The minimum Gasteiger partial charge on any atom is -0.345 e. The van der Waals surface area contributed by atoms with Crippen LogP contribution in [0.1, 0.15) is 22.3 Å². The van der Waals surface area contributed by atoms with Crippen LogP contribution < -0.4 is 10.2 Å². The Labute approximate surface area is 171 Å². The van der Waals surface area contributed by atoms with Crippen molar-refractivity contribution in [3.63, 3.8) is 0 Å². The van der Waals surface area contributed by atoms with E-state index in [1.165, 1.54) is 28.0 Å². The Balaban J connectivity index is 1.72. The second kappa shape index (κ2) is 8.17. The summed E-state index contributed by atoms with van der Waals surface area (Å²) in [5.41, 5.74) is 0.0373. The maximum atomic E-state index is 12.9. The summed E-state index contributed by atoms with van der Waals surface area (Å²) in [5, 5.41) is 2.68. The van der Waals surface area contributed by atoms with Gasteiger partial charge in [0.2, 0.25) is 11.8 Å². The smallest absolute Gasteiger partial charge is 0.345 e. The molecule has 9 heteroatoms. The van der Waals surface area contributed by atoms with Crippen molar-refractivity contribution >= 4 is 29.1 Å². The Morgan fingerprint density at radius 1 is 1.10 bits per heavy atom. The van der Waals surface area contributed by atoms with Crippen LogP contribution in [0.3, 0.4) is 0 Å². The van der Waals surface area contributed by atoms with E-state index >= 15 is 0 Å². The third kappa shape index (κ3) is 4.61. The van der Waals surface area contributed by atoms with Crippen LogP contribution in [0.4, 0.5) is 24.5 Å². The van der Waals surface area contributed by atoms with E-state index in [1.54, 1.807) is 32.3 Å². The number of benzene rings is 2. The molecule has 3 rings (SSSR count). The zero-order valence-electron chi connectivity index (χ0n) is 16.4. The molecular weight excluding hydrogens is 399 g/mol. The average molecular weight is 419 g/mol. The number of rotatable bonds is 4. The SMILES string of the molecule is CN(C)C(=O)c1cccc(NC(=O)C2CC(=O)N(c3cccc(C(F)(F)F)c3)C2)c1. The van der Waals surface area contributed by atoms with Crippen molar-refractivity contribution in [1.82, 2.24) is 4.90 Å². The van der Waals surface area contributed by atoms with Crippen LogP contribution >= 0.6 is 0 Å². The van der Waals surface area contributed by atoms with Gasteiger partial charge >= 0.3 is 6.18 Å². The molecule has 0 bridgehead atoms. The number of nitrogens with one attached hydrogen (secondary N) is 1. The van der Waals surface area contributed by atoms with Gasteiger partial charge in [-0.2, -0.15) is 13.2 Å². The molecule has 3 amide bonds.